The van der Waals surface area contributed by atoms with E-state index in [1.165, 1.54) is 0 Å². The molecule has 1 aliphatic heterocycles. The van der Waals surface area contributed by atoms with Gasteiger partial charge in [0.1, 0.15) is 11.4 Å². The number of aryl methyl sites for hydroxylation is 1. The summed E-state index contributed by atoms with van der Waals surface area (Å²) in [5.41, 5.74) is 0.366. The number of benzene rings is 1. The van der Waals surface area contributed by atoms with Crippen LogP contribution in [-0.4, -0.2) is 61.5 Å². The van der Waals surface area contributed by atoms with Crippen LogP contribution in [0.4, 0.5) is 4.79 Å². The van der Waals surface area contributed by atoms with Gasteiger partial charge < -0.3 is 24.4 Å². The quantitative estimate of drug-likeness (QED) is 0.685. The van der Waals surface area contributed by atoms with E-state index in [0.717, 1.165) is 22.9 Å². The lowest BCUT2D eigenvalue weighted by molar-refractivity contribution is -0.139. The van der Waals surface area contributed by atoms with Crippen LogP contribution in [0.1, 0.15) is 39.2 Å². The number of rotatable bonds is 6. The molecule has 162 valence electrons. The lowest BCUT2D eigenvalue weighted by Crippen LogP contribution is -2.59. The number of nitrogens with zero attached hydrogens (tertiary/aromatic N) is 1. The summed E-state index contributed by atoms with van der Waals surface area (Å²) in [6, 6.07) is 5.14. The number of halogens is 1. The van der Waals surface area contributed by atoms with Gasteiger partial charge in [-0.05, 0) is 64.3 Å². The van der Waals surface area contributed by atoms with Gasteiger partial charge in [0, 0.05) is 18.1 Å². The Morgan fingerprint density at radius 3 is 2.66 bits per heavy atom. The van der Waals surface area contributed by atoms with Crippen molar-refractivity contribution in [1.82, 2.24) is 10.2 Å². The van der Waals surface area contributed by atoms with E-state index in [1.807, 2.05) is 45.9 Å². The van der Waals surface area contributed by atoms with E-state index < -0.39 is 11.7 Å². The molecule has 1 N–H and O–H groups in total. The number of hydrogen-bond acceptors (Lipinski definition) is 5. The monoisotopic (exact) mass is 470 g/mol. The molecule has 2 rings (SSSR count). The van der Waals surface area contributed by atoms with E-state index in [2.05, 4.69) is 21.2 Å². The van der Waals surface area contributed by atoms with Gasteiger partial charge in [0.25, 0.3) is 5.91 Å². The highest BCUT2D eigenvalue weighted by Gasteiger charge is 2.36. The Bertz CT molecular complexity index is 720. The molecule has 0 bridgehead atoms. The fourth-order valence-electron chi connectivity index (χ4n) is 3.37. The molecular weight excluding hydrogens is 440 g/mol. The zero-order chi connectivity index (χ0) is 21.6. The maximum atomic E-state index is 12.9. The van der Waals surface area contributed by atoms with Crippen molar-refractivity contribution in [2.75, 3.05) is 26.9 Å². The number of carbonyl (C=O) groups excluding carboxylic acids is 2. The Labute approximate surface area is 181 Å². The predicted molar refractivity (Wildman–Crippen MR) is 114 cm³/mol. The van der Waals surface area contributed by atoms with Gasteiger partial charge in [-0.3, -0.25) is 4.79 Å². The summed E-state index contributed by atoms with van der Waals surface area (Å²) < 4.78 is 17.4. The molecule has 1 saturated heterocycles. The molecule has 0 aromatic heterocycles. The Morgan fingerprint density at radius 1 is 1.31 bits per heavy atom. The van der Waals surface area contributed by atoms with Crippen LogP contribution < -0.4 is 10.1 Å². The molecular formula is C21H31BrN2O5. The lowest BCUT2D eigenvalue weighted by Gasteiger charge is -2.41. The first kappa shape index (κ1) is 23.5. The number of ether oxygens (including phenoxy) is 3. The first-order chi connectivity index (χ1) is 13.6. The average Bonchev–Trinajstić information content (AvgIpc) is 2.60. The van der Waals surface area contributed by atoms with Crippen LogP contribution >= 0.6 is 15.9 Å². The zero-order valence-corrected chi connectivity index (χ0v) is 19.4. The van der Waals surface area contributed by atoms with Gasteiger partial charge in [0.15, 0.2) is 6.61 Å². The third kappa shape index (κ3) is 7.19. The summed E-state index contributed by atoms with van der Waals surface area (Å²) >= 11 is 3.42. The van der Waals surface area contributed by atoms with Gasteiger partial charge in [0.05, 0.1) is 18.7 Å². The number of alkyl carbamates (subject to hydrolysis) is 1. The molecule has 0 spiro atoms. The van der Waals surface area contributed by atoms with E-state index in [-0.39, 0.29) is 24.6 Å². The fraction of sp³-hybridized carbons (Fsp3) is 0.619. The highest BCUT2D eigenvalue weighted by Crippen LogP contribution is 2.23. The number of amides is 2. The van der Waals surface area contributed by atoms with Gasteiger partial charge in [-0.15, -0.1) is 0 Å². The van der Waals surface area contributed by atoms with Crippen LogP contribution in [-0.2, 0) is 14.3 Å². The molecule has 1 aliphatic rings. The maximum absolute atomic E-state index is 12.9. The second kappa shape index (κ2) is 10.3. The molecule has 1 fully saturated rings. The summed E-state index contributed by atoms with van der Waals surface area (Å²) in [4.78, 5) is 26.8. The van der Waals surface area contributed by atoms with E-state index in [9.17, 15) is 9.59 Å². The number of nitrogens with one attached hydrogen (secondary N) is 1. The highest BCUT2D eigenvalue weighted by molar-refractivity contribution is 9.10. The molecule has 1 aromatic carbocycles. The predicted octanol–water partition coefficient (Wildman–Crippen LogP) is 3.67. The Kier molecular flexibility index (Phi) is 8.34. The largest absolute Gasteiger partial charge is 0.483 e. The molecule has 8 heteroatoms. The van der Waals surface area contributed by atoms with Crippen LogP contribution in [0.3, 0.4) is 0 Å². The second-order valence-corrected chi connectivity index (χ2v) is 9.12. The summed E-state index contributed by atoms with van der Waals surface area (Å²) in [6.07, 6.45) is 1.05. The van der Waals surface area contributed by atoms with Crippen molar-refractivity contribution in [2.45, 2.75) is 58.2 Å². The fourth-order valence-corrected chi connectivity index (χ4v) is 3.84. The van der Waals surface area contributed by atoms with Crippen LogP contribution in [0.25, 0.3) is 0 Å². The van der Waals surface area contributed by atoms with E-state index in [4.69, 9.17) is 14.2 Å². The second-order valence-electron chi connectivity index (χ2n) is 8.20. The number of hydrogen-bond donors (Lipinski definition) is 1. The number of methoxy groups -OCH3 is 1. The molecule has 0 aliphatic carbocycles. The van der Waals surface area contributed by atoms with Crippen LogP contribution in [0, 0.1) is 6.92 Å². The van der Waals surface area contributed by atoms with Gasteiger partial charge in [-0.2, -0.15) is 0 Å². The topological polar surface area (TPSA) is 77.1 Å². The first-order valence-corrected chi connectivity index (χ1v) is 10.6. The molecule has 0 radical (unpaired) electrons. The van der Waals surface area contributed by atoms with Crippen molar-refractivity contribution in [1.29, 1.82) is 0 Å². The normalized spacial score (nSPS) is 19.6. The van der Waals surface area contributed by atoms with Crippen molar-refractivity contribution >= 4 is 27.9 Å². The van der Waals surface area contributed by atoms with Crippen molar-refractivity contribution < 1.29 is 23.8 Å². The minimum absolute atomic E-state index is 0.0676. The van der Waals surface area contributed by atoms with Crippen molar-refractivity contribution in [3.05, 3.63) is 28.2 Å². The summed E-state index contributed by atoms with van der Waals surface area (Å²) in [6.45, 7) is 8.24. The lowest BCUT2D eigenvalue weighted by atomic mass is 9.96. The van der Waals surface area contributed by atoms with E-state index in [1.54, 1.807) is 12.0 Å². The third-order valence-corrected chi connectivity index (χ3v) is 5.12. The van der Waals surface area contributed by atoms with Crippen molar-refractivity contribution in [3.63, 3.8) is 0 Å². The summed E-state index contributed by atoms with van der Waals surface area (Å²) in [5, 5.41) is 2.90. The van der Waals surface area contributed by atoms with Gasteiger partial charge >= 0.3 is 6.09 Å². The average molecular weight is 471 g/mol. The third-order valence-electron chi connectivity index (χ3n) is 4.63. The Hall–Kier alpha value is -1.80. The van der Waals surface area contributed by atoms with E-state index in [0.29, 0.717) is 18.9 Å². The van der Waals surface area contributed by atoms with Crippen LogP contribution in [0.2, 0.25) is 0 Å². The minimum atomic E-state index is -0.582. The highest BCUT2D eigenvalue weighted by atomic mass is 79.9. The van der Waals surface area contributed by atoms with Crippen LogP contribution in [0.5, 0.6) is 5.75 Å². The molecule has 0 unspecified atom stereocenters. The first-order valence-electron chi connectivity index (χ1n) is 9.77. The Balaban J connectivity index is 2.03. The molecule has 1 heterocycles. The summed E-state index contributed by atoms with van der Waals surface area (Å²) in [7, 11) is 1.59. The molecule has 0 saturated carbocycles. The molecule has 2 atom stereocenters. The SMILES string of the molecule is COC[C@H]1[C@@H](NC(=O)OC(C)(C)C)CCCN1C(=O)COc1ccc(Br)cc1C. The van der Waals surface area contributed by atoms with Gasteiger partial charge in [-0.25, -0.2) is 4.79 Å². The Morgan fingerprint density at radius 2 is 2.03 bits per heavy atom. The molecule has 7 nitrogen and oxygen atoms in total. The smallest absolute Gasteiger partial charge is 0.407 e. The molecule has 1 aromatic rings. The van der Waals surface area contributed by atoms with Gasteiger partial charge in [-0.1, -0.05) is 15.9 Å². The maximum Gasteiger partial charge on any atom is 0.407 e. The van der Waals surface area contributed by atoms with Crippen molar-refractivity contribution in [2.24, 2.45) is 0 Å². The molecule has 29 heavy (non-hydrogen) atoms. The van der Waals surface area contributed by atoms with Gasteiger partial charge in [0.2, 0.25) is 0 Å². The van der Waals surface area contributed by atoms with Crippen molar-refractivity contribution in [3.8, 4) is 5.75 Å². The van der Waals surface area contributed by atoms with Crippen LogP contribution in [0.15, 0.2) is 22.7 Å². The zero-order valence-electron chi connectivity index (χ0n) is 17.8. The molecule has 2 amide bonds. The number of likely N-dealkylation sites (tertiary alicyclic amines) is 1. The summed E-state index contributed by atoms with van der Waals surface area (Å²) in [5.74, 6) is 0.537. The standard InChI is InChI=1S/C21H31BrN2O5/c1-14-11-15(22)8-9-18(14)28-13-19(25)24-10-6-7-16(17(24)12-27-5)23-20(26)29-21(2,3)4/h8-9,11,16-17H,6-7,10,12-13H2,1-5H3,(H,23,26)/t16-,17-/m0/s1. The number of carbonyl (C=O) groups is 2. The van der Waals surface area contributed by atoms with E-state index >= 15 is 0 Å². The minimum Gasteiger partial charge on any atom is -0.483 e. The number of piperidine rings is 1.